The summed E-state index contributed by atoms with van der Waals surface area (Å²) in [5, 5.41) is 1.05. The zero-order valence-electron chi connectivity index (χ0n) is 13.5. The van der Waals surface area contributed by atoms with E-state index in [0.29, 0.717) is 29.7 Å². The fraction of sp³-hybridized carbons (Fsp3) is 0.353. The molecule has 0 unspecified atom stereocenters. The lowest BCUT2D eigenvalue weighted by molar-refractivity contribution is -0.000486. The van der Waals surface area contributed by atoms with Crippen LogP contribution < -0.4 is 5.73 Å². The van der Waals surface area contributed by atoms with E-state index in [0.717, 1.165) is 18.4 Å². The molecule has 2 heterocycles. The Morgan fingerprint density at radius 3 is 2.60 bits per heavy atom. The summed E-state index contributed by atoms with van der Waals surface area (Å²) in [6, 6.07) is 5.46. The minimum atomic E-state index is -0.187. The van der Waals surface area contributed by atoms with Gasteiger partial charge >= 0.3 is 0 Å². The van der Waals surface area contributed by atoms with Crippen LogP contribution in [0.5, 0.6) is 0 Å². The zero-order chi connectivity index (χ0) is 17.8. The number of piperidine rings is 1. The minimum absolute atomic E-state index is 0.0951. The zero-order valence-corrected chi connectivity index (χ0v) is 15.0. The van der Waals surface area contributed by atoms with Crippen LogP contribution in [0.25, 0.3) is 0 Å². The number of nitrogens with two attached hydrogens (primary N) is 1. The molecular formula is C17H18Cl2N4O2. The molecule has 1 fully saturated rings. The Kier molecular flexibility index (Phi) is 5.73. The minimum Gasteiger partial charge on any atom is -0.382 e. The Labute approximate surface area is 155 Å². The van der Waals surface area contributed by atoms with Crippen LogP contribution in [-0.4, -0.2) is 40.0 Å². The van der Waals surface area contributed by atoms with E-state index < -0.39 is 0 Å². The molecule has 132 valence electrons. The van der Waals surface area contributed by atoms with Crippen molar-refractivity contribution < 1.29 is 9.53 Å². The molecule has 1 aromatic carbocycles. The number of amides is 1. The van der Waals surface area contributed by atoms with Gasteiger partial charge < -0.3 is 15.4 Å². The predicted octanol–water partition coefficient (Wildman–Crippen LogP) is 3.19. The molecule has 0 saturated carbocycles. The van der Waals surface area contributed by atoms with Crippen molar-refractivity contribution in [2.75, 3.05) is 18.8 Å². The number of carbonyl (C=O) groups is 1. The molecule has 2 aromatic rings. The molecule has 8 heteroatoms. The number of hydrogen-bond donors (Lipinski definition) is 1. The number of aromatic nitrogens is 2. The van der Waals surface area contributed by atoms with Gasteiger partial charge in [0.1, 0.15) is 0 Å². The highest BCUT2D eigenvalue weighted by Gasteiger charge is 2.26. The molecule has 3 rings (SSSR count). The van der Waals surface area contributed by atoms with E-state index in [-0.39, 0.29) is 23.5 Å². The third-order valence-corrected chi connectivity index (χ3v) is 4.87. The number of likely N-dealkylation sites (tertiary alicyclic amines) is 1. The summed E-state index contributed by atoms with van der Waals surface area (Å²) in [6.45, 7) is 1.66. The molecule has 1 aliphatic heterocycles. The third-order valence-electron chi connectivity index (χ3n) is 4.13. The molecule has 25 heavy (non-hydrogen) atoms. The van der Waals surface area contributed by atoms with Crippen molar-refractivity contribution in [1.82, 2.24) is 14.9 Å². The van der Waals surface area contributed by atoms with Crippen LogP contribution in [0.1, 0.15) is 28.9 Å². The van der Waals surface area contributed by atoms with Gasteiger partial charge in [0.2, 0.25) is 0 Å². The Balaban J connectivity index is 1.51. The molecule has 1 aliphatic rings. The first-order valence-corrected chi connectivity index (χ1v) is 8.71. The summed E-state index contributed by atoms with van der Waals surface area (Å²) >= 11 is 11.9. The molecule has 2 N–H and O–H groups in total. The SMILES string of the molecule is Nc1nccnc1C(=O)N1CCC(OCc2ccc(Cl)c(Cl)c2)CC1. The van der Waals surface area contributed by atoms with Crippen molar-refractivity contribution in [2.45, 2.75) is 25.6 Å². The molecule has 1 aromatic heterocycles. The smallest absolute Gasteiger partial charge is 0.276 e. The van der Waals surface area contributed by atoms with Crippen LogP contribution in [0.3, 0.4) is 0 Å². The van der Waals surface area contributed by atoms with Crippen molar-refractivity contribution in [2.24, 2.45) is 0 Å². The lowest BCUT2D eigenvalue weighted by atomic mass is 10.1. The average molecular weight is 381 g/mol. The molecule has 0 spiro atoms. The molecular weight excluding hydrogens is 363 g/mol. The number of hydrogen-bond acceptors (Lipinski definition) is 5. The van der Waals surface area contributed by atoms with Crippen molar-refractivity contribution in [3.8, 4) is 0 Å². The number of anilines is 1. The number of nitrogen functional groups attached to an aromatic ring is 1. The Morgan fingerprint density at radius 2 is 1.92 bits per heavy atom. The number of rotatable bonds is 4. The summed E-state index contributed by atoms with van der Waals surface area (Å²) in [6.07, 6.45) is 4.55. The maximum atomic E-state index is 12.5. The first kappa shape index (κ1) is 17.9. The Bertz CT molecular complexity index is 764. The van der Waals surface area contributed by atoms with Gasteiger partial charge in [0.15, 0.2) is 11.5 Å². The summed E-state index contributed by atoms with van der Waals surface area (Å²) in [4.78, 5) is 22.1. The van der Waals surface area contributed by atoms with Gasteiger partial charge in [-0.05, 0) is 30.5 Å². The average Bonchev–Trinajstić information content (AvgIpc) is 2.63. The molecule has 1 saturated heterocycles. The fourth-order valence-corrected chi connectivity index (χ4v) is 3.05. The standard InChI is InChI=1S/C17H18Cl2N4O2/c18-13-2-1-11(9-14(13)19)10-25-12-3-7-23(8-4-12)17(24)15-16(20)22-6-5-21-15/h1-2,5-6,9,12H,3-4,7-8,10H2,(H2,20,22). The van der Waals surface area contributed by atoms with Gasteiger partial charge in [-0.3, -0.25) is 4.79 Å². The van der Waals surface area contributed by atoms with E-state index in [1.165, 1.54) is 12.4 Å². The summed E-state index contributed by atoms with van der Waals surface area (Å²) in [7, 11) is 0. The van der Waals surface area contributed by atoms with E-state index in [2.05, 4.69) is 9.97 Å². The fourth-order valence-electron chi connectivity index (χ4n) is 2.73. The molecule has 0 bridgehead atoms. The second-order valence-electron chi connectivity index (χ2n) is 5.84. The molecule has 0 radical (unpaired) electrons. The highest BCUT2D eigenvalue weighted by atomic mass is 35.5. The second-order valence-corrected chi connectivity index (χ2v) is 6.66. The van der Waals surface area contributed by atoms with Crippen molar-refractivity contribution >= 4 is 34.9 Å². The van der Waals surface area contributed by atoms with E-state index in [1.807, 2.05) is 6.07 Å². The van der Waals surface area contributed by atoms with Crippen LogP contribution >= 0.6 is 23.2 Å². The molecule has 0 atom stereocenters. The maximum Gasteiger partial charge on any atom is 0.276 e. The predicted molar refractivity (Wildman–Crippen MR) is 96.6 cm³/mol. The van der Waals surface area contributed by atoms with Gasteiger partial charge in [-0.1, -0.05) is 29.3 Å². The van der Waals surface area contributed by atoms with Gasteiger partial charge in [-0.2, -0.15) is 0 Å². The van der Waals surface area contributed by atoms with E-state index in [9.17, 15) is 4.79 Å². The van der Waals surface area contributed by atoms with Crippen molar-refractivity contribution in [1.29, 1.82) is 0 Å². The topological polar surface area (TPSA) is 81.3 Å². The monoisotopic (exact) mass is 380 g/mol. The quantitative estimate of drug-likeness (QED) is 0.880. The van der Waals surface area contributed by atoms with Crippen LogP contribution in [0.4, 0.5) is 5.82 Å². The van der Waals surface area contributed by atoms with Gasteiger partial charge in [0, 0.05) is 25.5 Å². The van der Waals surface area contributed by atoms with Gasteiger partial charge in [-0.15, -0.1) is 0 Å². The molecule has 6 nitrogen and oxygen atoms in total. The molecule has 0 aliphatic carbocycles. The number of halogens is 2. The summed E-state index contributed by atoms with van der Waals surface area (Å²) in [5.74, 6) is -0.0287. The van der Waals surface area contributed by atoms with Crippen molar-refractivity contribution in [3.05, 3.63) is 51.9 Å². The Hall–Kier alpha value is -1.89. The highest BCUT2D eigenvalue weighted by Crippen LogP contribution is 2.24. The number of nitrogens with zero attached hydrogens (tertiary/aromatic N) is 3. The van der Waals surface area contributed by atoms with E-state index >= 15 is 0 Å². The van der Waals surface area contributed by atoms with Gasteiger partial charge in [0.05, 0.1) is 22.8 Å². The summed E-state index contributed by atoms with van der Waals surface area (Å²) in [5.41, 5.74) is 6.90. The number of carbonyl (C=O) groups excluding carboxylic acids is 1. The highest BCUT2D eigenvalue weighted by molar-refractivity contribution is 6.42. The van der Waals surface area contributed by atoms with Crippen LogP contribution in [-0.2, 0) is 11.3 Å². The van der Waals surface area contributed by atoms with Gasteiger partial charge in [0.25, 0.3) is 5.91 Å². The van der Waals surface area contributed by atoms with Crippen LogP contribution in [0.15, 0.2) is 30.6 Å². The maximum absolute atomic E-state index is 12.5. The first-order chi connectivity index (χ1) is 12.0. The van der Waals surface area contributed by atoms with E-state index in [1.54, 1.807) is 17.0 Å². The van der Waals surface area contributed by atoms with Crippen LogP contribution in [0.2, 0.25) is 10.0 Å². The largest absolute Gasteiger partial charge is 0.382 e. The lowest BCUT2D eigenvalue weighted by Crippen LogP contribution is -2.41. The van der Waals surface area contributed by atoms with Crippen molar-refractivity contribution in [3.63, 3.8) is 0 Å². The lowest BCUT2D eigenvalue weighted by Gasteiger charge is -2.31. The third kappa shape index (κ3) is 4.39. The van der Waals surface area contributed by atoms with E-state index in [4.69, 9.17) is 33.7 Å². The second kappa shape index (κ2) is 7.99. The van der Waals surface area contributed by atoms with Gasteiger partial charge in [-0.25, -0.2) is 9.97 Å². The Morgan fingerprint density at radius 1 is 1.20 bits per heavy atom. The van der Waals surface area contributed by atoms with Crippen LogP contribution in [0, 0.1) is 0 Å². The number of benzene rings is 1. The summed E-state index contributed by atoms with van der Waals surface area (Å²) < 4.78 is 5.93. The first-order valence-electron chi connectivity index (χ1n) is 7.96. The number of ether oxygens (including phenoxy) is 1. The normalized spacial score (nSPS) is 15.4. The molecule has 1 amide bonds.